The van der Waals surface area contributed by atoms with Crippen LogP contribution in [-0.2, 0) is 0 Å². The molecule has 0 aliphatic rings. The molecule has 1 heterocycles. The number of hydrogen-bond donors (Lipinski definition) is 2. The van der Waals surface area contributed by atoms with E-state index in [-0.39, 0.29) is 11.3 Å². The van der Waals surface area contributed by atoms with Crippen LogP contribution in [0.4, 0.5) is 5.69 Å². The van der Waals surface area contributed by atoms with Gasteiger partial charge in [0.25, 0.3) is 0 Å². The average molecular weight is 273 g/mol. The molecule has 0 aliphatic carbocycles. The summed E-state index contributed by atoms with van der Waals surface area (Å²) >= 11 is 0. The number of anilines is 1. The molecule has 0 saturated carbocycles. The highest BCUT2D eigenvalue weighted by Gasteiger charge is 2.25. The molecule has 4 heteroatoms. The van der Waals surface area contributed by atoms with Crippen molar-refractivity contribution in [1.82, 2.24) is 9.97 Å². The molecule has 0 radical (unpaired) electrons. The van der Waals surface area contributed by atoms with Crippen LogP contribution in [0.2, 0.25) is 0 Å². The van der Waals surface area contributed by atoms with Gasteiger partial charge in [-0.05, 0) is 39.0 Å². The summed E-state index contributed by atoms with van der Waals surface area (Å²) in [5.74, 6) is 0.458. The van der Waals surface area contributed by atoms with Crippen LogP contribution in [0.1, 0.15) is 52.2 Å². The normalized spacial score (nSPS) is 12.7. The second kappa shape index (κ2) is 4.62. The molecular formula is C16H23N3O. The molecule has 1 aromatic carbocycles. The topological polar surface area (TPSA) is 57.8 Å². The maximum absolute atomic E-state index is 12.2. The monoisotopic (exact) mass is 273 g/mol. The molecule has 0 unspecified atom stereocenters. The van der Waals surface area contributed by atoms with Crippen LogP contribution in [-0.4, -0.2) is 21.3 Å². The molecule has 0 atom stereocenters. The summed E-state index contributed by atoms with van der Waals surface area (Å²) in [5, 5.41) is 3.41. The third kappa shape index (κ3) is 3.18. The Hall–Kier alpha value is -1.84. The molecule has 0 bridgehead atoms. The maximum Gasteiger partial charge on any atom is 0.203 e. The van der Waals surface area contributed by atoms with Crippen molar-refractivity contribution in [3.63, 3.8) is 0 Å². The quantitative estimate of drug-likeness (QED) is 0.813. The fourth-order valence-corrected chi connectivity index (χ4v) is 1.98. The predicted molar refractivity (Wildman–Crippen MR) is 83.3 cm³/mol. The Morgan fingerprint density at radius 3 is 2.35 bits per heavy atom. The summed E-state index contributed by atoms with van der Waals surface area (Å²) < 4.78 is 0. The number of aromatic amines is 1. The minimum atomic E-state index is -0.430. The van der Waals surface area contributed by atoms with Gasteiger partial charge in [-0.15, -0.1) is 0 Å². The van der Waals surface area contributed by atoms with E-state index in [9.17, 15) is 4.79 Å². The van der Waals surface area contributed by atoms with E-state index in [2.05, 4.69) is 36.1 Å². The fourth-order valence-electron chi connectivity index (χ4n) is 1.98. The van der Waals surface area contributed by atoms with Crippen LogP contribution in [0.3, 0.4) is 0 Å². The largest absolute Gasteiger partial charge is 0.380 e. The first-order chi connectivity index (χ1) is 9.06. The summed E-state index contributed by atoms with van der Waals surface area (Å²) in [6.45, 7) is 12.0. The van der Waals surface area contributed by atoms with Crippen LogP contribution in [0, 0.1) is 5.41 Å². The van der Waals surface area contributed by atoms with E-state index in [1.807, 2.05) is 39.0 Å². The predicted octanol–water partition coefficient (Wildman–Crippen LogP) is 4.00. The van der Waals surface area contributed by atoms with E-state index < -0.39 is 5.41 Å². The molecule has 0 aliphatic heterocycles. The number of imidazole rings is 1. The number of rotatable bonds is 2. The van der Waals surface area contributed by atoms with Gasteiger partial charge in [-0.25, -0.2) is 4.98 Å². The molecule has 0 saturated heterocycles. The molecule has 1 aromatic heterocycles. The molecule has 2 N–H and O–H groups in total. The smallest absolute Gasteiger partial charge is 0.203 e. The second-order valence-electron chi connectivity index (χ2n) is 7.27. The lowest BCUT2D eigenvalue weighted by atomic mass is 9.90. The molecule has 4 nitrogen and oxygen atoms in total. The lowest BCUT2D eigenvalue weighted by Gasteiger charge is -2.21. The van der Waals surface area contributed by atoms with Crippen molar-refractivity contribution in [2.24, 2.45) is 5.41 Å². The van der Waals surface area contributed by atoms with Gasteiger partial charge in [0.15, 0.2) is 5.82 Å². The Kier molecular flexibility index (Phi) is 3.36. The van der Waals surface area contributed by atoms with Gasteiger partial charge in [-0.2, -0.15) is 0 Å². The van der Waals surface area contributed by atoms with E-state index >= 15 is 0 Å². The van der Waals surface area contributed by atoms with E-state index in [1.165, 1.54) is 0 Å². The highest BCUT2D eigenvalue weighted by atomic mass is 16.1. The Morgan fingerprint density at radius 2 is 1.80 bits per heavy atom. The van der Waals surface area contributed by atoms with Crippen molar-refractivity contribution in [1.29, 1.82) is 0 Å². The van der Waals surface area contributed by atoms with Gasteiger partial charge >= 0.3 is 0 Å². The summed E-state index contributed by atoms with van der Waals surface area (Å²) in [6.07, 6.45) is 0. The number of ketones is 1. The van der Waals surface area contributed by atoms with Gasteiger partial charge in [0.1, 0.15) is 0 Å². The third-order valence-corrected chi connectivity index (χ3v) is 2.90. The van der Waals surface area contributed by atoms with Crippen LogP contribution < -0.4 is 5.32 Å². The Balaban J connectivity index is 2.38. The summed E-state index contributed by atoms with van der Waals surface area (Å²) in [7, 11) is 0. The molecular weight excluding hydrogens is 250 g/mol. The number of benzene rings is 1. The minimum Gasteiger partial charge on any atom is -0.380 e. The standard InChI is InChI=1S/C16H23N3O/c1-15(2,3)13(20)14-17-11-8-7-10(9-12(11)18-14)19-16(4,5)6/h7-9,19H,1-6H3,(H,17,18). The van der Waals surface area contributed by atoms with Crippen LogP contribution in [0.15, 0.2) is 18.2 Å². The van der Waals surface area contributed by atoms with Gasteiger partial charge in [0.05, 0.1) is 11.0 Å². The third-order valence-electron chi connectivity index (χ3n) is 2.90. The lowest BCUT2D eigenvalue weighted by Crippen LogP contribution is -2.25. The van der Waals surface area contributed by atoms with Gasteiger partial charge in [0, 0.05) is 16.6 Å². The molecule has 0 amide bonds. The lowest BCUT2D eigenvalue weighted by molar-refractivity contribution is 0.0848. The minimum absolute atomic E-state index is 0.00223. The number of H-pyrrole nitrogens is 1. The summed E-state index contributed by atoms with van der Waals surface area (Å²) in [5.41, 5.74) is 2.28. The highest BCUT2D eigenvalue weighted by molar-refractivity contribution is 5.99. The molecule has 2 rings (SSSR count). The first kappa shape index (κ1) is 14.6. The number of carbonyl (C=O) groups excluding carboxylic acids is 1. The van der Waals surface area contributed by atoms with E-state index in [4.69, 9.17) is 0 Å². The van der Waals surface area contributed by atoms with Gasteiger partial charge in [-0.1, -0.05) is 20.8 Å². The number of Topliss-reactive ketones (excluding diaryl/α,β-unsaturated/α-hetero) is 1. The number of carbonyl (C=O) groups is 1. The van der Waals surface area contributed by atoms with Crippen LogP contribution in [0.5, 0.6) is 0 Å². The molecule has 108 valence electrons. The van der Waals surface area contributed by atoms with Crippen molar-refractivity contribution in [3.8, 4) is 0 Å². The molecule has 20 heavy (non-hydrogen) atoms. The van der Waals surface area contributed by atoms with Gasteiger partial charge < -0.3 is 10.3 Å². The SMILES string of the molecule is CC(C)(C)Nc1ccc2nc(C(=O)C(C)(C)C)[nH]c2c1. The zero-order valence-corrected chi connectivity index (χ0v) is 13.1. The molecule has 0 fully saturated rings. The van der Waals surface area contributed by atoms with Crippen molar-refractivity contribution in [2.45, 2.75) is 47.1 Å². The zero-order chi connectivity index (χ0) is 15.1. The number of nitrogens with one attached hydrogen (secondary N) is 2. The van der Waals surface area contributed by atoms with Gasteiger partial charge in [-0.3, -0.25) is 4.79 Å². The fraction of sp³-hybridized carbons (Fsp3) is 0.500. The van der Waals surface area contributed by atoms with E-state index in [0.717, 1.165) is 16.7 Å². The van der Waals surface area contributed by atoms with Crippen LogP contribution >= 0.6 is 0 Å². The van der Waals surface area contributed by atoms with Crippen molar-refractivity contribution >= 4 is 22.5 Å². The first-order valence-corrected chi connectivity index (χ1v) is 6.89. The number of hydrogen-bond acceptors (Lipinski definition) is 3. The second-order valence-corrected chi connectivity index (χ2v) is 7.27. The Labute approximate surface area is 120 Å². The van der Waals surface area contributed by atoms with E-state index in [1.54, 1.807) is 0 Å². The van der Waals surface area contributed by atoms with Crippen molar-refractivity contribution < 1.29 is 4.79 Å². The van der Waals surface area contributed by atoms with Crippen molar-refractivity contribution in [2.75, 3.05) is 5.32 Å². The Morgan fingerprint density at radius 1 is 1.15 bits per heavy atom. The van der Waals surface area contributed by atoms with Gasteiger partial charge in [0.2, 0.25) is 5.78 Å². The van der Waals surface area contributed by atoms with Crippen LogP contribution in [0.25, 0.3) is 11.0 Å². The summed E-state index contributed by atoms with van der Waals surface area (Å²) in [4.78, 5) is 19.8. The zero-order valence-electron chi connectivity index (χ0n) is 13.1. The maximum atomic E-state index is 12.2. The summed E-state index contributed by atoms with van der Waals surface area (Å²) in [6, 6.07) is 5.91. The highest BCUT2D eigenvalue weighted by Crippen LogP contribution is 2.24. The van der Waals surface area contributed by atoms with E-state index in [0.29, 0.717) is 5.82 Å². The Bertz CT molecular complexity index is 642. The molecule has 0 spiro atoms. The van der Waals surface area contributed by atoms with Crippen molar-refractivity contribution in [3.05, 3.63) is 24.0 Å². The molecule has 2 aromatic rings. The number of fused-ring (bicyclic) bond motifs is 1. The number of nitrogens with zero attached hydrogens (tertiary/aromatic N) is 1. The average Bonchev–Trinajstić information content (AvgIpc) is 2.67. The number of aromatic nitrogens is 2. The first-order valence-electron chi connectivity index (χ1n) is 6.89.